The second-order valence-corrected chi connectivity index (χ2v) is 21.3. The summed E-state index contributed by atoms with van der Waals surface area (Å²) < 4.78 is 23.4. The molecular weight excluding hydrogens is 864 g/mol. The molecule has 0 aromatic carbocycles. The summed E-state index contributed by atoms with van der Waals surface area (Å²) in [5.74, 6) is -0.223. The van der Waals surface area contributed by atoms with Gasteiger partial charge in [0.15, 0.2) is 0 Å². The first kappa shape index (κ1) is 65.7. The summed E-state index contributed by atoms with van der Waals surface area (Å²) in [7, 11) is 1.26. The molecule has 0 aromatic heterocycles. The Morgan fingerprint density at radius 1 is 0.529 bits per heavy atom. The van der Waals surface area contributed by atoms with Crippen LogP contribution in [0.3, 0.4) is 0 Å². The van der Waals surface area contributed by atoms with E-state index >= 15 is 0 Å². The fourth-order valence-corrected chi connectivity index (χ4v) is 8.52. The molecule has 394 valence electrons. The van der Waals surface area contributed by atoms with Gasteiger partial charge in [-0.2, -0.15) is 0 Å². The monoisotopic (exact) mass is 971 g/mol. The number of hydrogen-bond donors (Lipinski definition) is 2. The van der Waals surface area contributed by atoms with E-state index in [-0.39, 0.29) is 25.5 Å². The van der Waals surface area contributed by atoms with Gasteiger partial charge in [-0.1, -0.05) is 247 Å². The van der Waals surface area contributed by atoms with Crippen molar-refractivity contribution in [3.63, 3.8) is 0 Å². The van der Waals surface area contributed by atoms with Crippen molar-refractivity contribution < 1.29 is 32.9 Å². The molecule has 68 heavy (non-hydrogen) atoms. The topological polar surface area (TPSA) is 108 Å². The van der Waals surface area contributed by atoms with Crippen LogP contribution < -0.4 is 10.2 Å². The maximum Gasteiger partial charge on any atom is 0.268 e. The third-order valence-electron chi connectivity index (χ3n) is 12.1. The average molecular weight is 971 g/mol. The van der Waals surface area contributed by atoms with Crippen molar-refractivity contribution >= 4 is 13.7 Å². The van der Waals surface area contributed by atoms with Gasteiger partial charge in [0.05, 0.1) is 39.9 Å². The Bertz CT molecular complexity index is 1380. The van der Waals surface area contributed by atoms with E-state index in [1.165, 1.54) is 128 Å². The number of carbonyl (C=O) groups excluding carboxylic acids is 1. The number of aliphatic hydroxyl groups excluding tert-OH is 1. The Morgan fingerprint density at radius 3 is 1.25 bits per heavy atom. The highest BCUT2D eigenvalue weighted by Gasteiger charge is 2.24. The first-order valence-corrected chi connectivity index (χ1v) is 29.4. The van der Waals surface area contributed by atoms with Crippen LogP contribution in [0.2, 0.25) is 0 Å². The van der Waals surface area contributed by atoms with Gasteiger partial charge in [0, 0.05) is 6.42 Å². The minimum Gasteiger partial charge on any atom is -0.756 e. The van der Waals surface area contributed by atoms with Crippen LogP contribution in [0.25, 0.3) is 0 Å². The number of allylic oxidation sites excluding steroid dienone is 14. The fourth-order valence-electron chi connectivity index (χ4n) is 7.79. The van der Waals surface area contributed by atoms with Gasteiger partial charge in [-0.3, -0.25) is 9.36 Å². The number of nitrogens with one attached hydrogen (secondary N) is 1. The molecule has 0 aromatic rings. The van der Waals surface area contributed by atoms with Crippen LogP contribution in [-0.2, 0) is 18.4 Å². The Morgan fingerprint density at radius 2 is 0.882 bits per heavy atom. The first-order valence-electron chi connectivity index (χ1n) is 27.9. The number of hydrogen-bond acceptors (Lipinski definition) is 6. The molecule has 0 aliphatic carbocycles. The van der Waals surface area contributed by atoms with E-state index in [2.05, 4.69) is 104 Å². The van der Waals surface area contributed by atoms with Crippen molar-refractivity contribution in [2.75, 3.05) is 40.9 Å². The number of unbranched alkanes of at least 4 members (excludes halogenated alkanes) is 23. The van der Waals surface area contributed by atoms with E-state index in [0.29, 0.717) is 23.9 Å². The summed E-state index contributed by atoms with van der Waals surface area (Å²) in [6.45, 7) is 4.57. The highest BCUT2D eigenvalue weighted by molar-refractivity contribution is 7.45. The zero-order valence-electron chi connectivity index (χ0n) is 44.8. The number of aliphatic hydroxyl groups is 1. The second kappa shape index (κ2) is 49.7. The molecule has 0 spiro atoms. The Balaban J connectivity index is 4.33. The molecule has 0 saturated carbocycles. The number of phosphoric ester groups is 1. The minimum atomic E-state index is -4.59. The minimum absolute atomic E-state index is 0.00300. The van der Waals surface area contributed by atoms with Gasteiger partial charge in [-0.05, 0) is 64.2 Å². The highest BCUT2D eigenvalue weighted by Crippen LogP contribution is 2.38. The van der Waals surface area contributed by atoms with Gasteiger partial charge in [0.25, 0.3) is 7.82 Å². The van der Waals surface area contributed by atoms with Crippen LogP contribution in [0.5, 0.6) is 0 Å². The first-order chi connectivity index (χ1) is 33.0. The van der Waals surface area contributed by atoms with Crippen LogP contribution >= 0.6 is 7.82 Å². The number of rotatable bonds is 50. The van der Waals surface area contributed by atoms with Crippen molar-refractivity contribution in [3.8, 4) is 0 Å². The number of phosphoric acid groups is 1. The number of quaternary nitrogens is 1. The highest BCUT2D eigenvalue weighted by atomic mass is 31.2. The zero-order valence-corrected chi connectivity index (χ0v) is 45.7. The second-order valence-electron chi connectivity index (χ2n) is 19.9. The van der Waals surface area contributed by atoms with Gasteiger partial charge < -0.3 is 28.8 Å². The van der Waals surface area contributed by atoms with Gasteiger partial charge in [0.1, 0.15) is 13.2 Å². The summed E-state index contributed by atoms with van der Waals surface area (Å²) in [5, 5.41) is 14.0. The molecule has 0 bridgehead atoms. The third-order valence-corrected chi connectivity index (χ3v) is 13.1. The molecule has 0 heterocycles. The molecular formula is C59H107N2O6P. The van der Waals surface area contributed by atoms with Crippen LogP contribution in [0, 0.1) is 0 Å². The van der Waals surface area contributed by atoms with Crippen molar-refractivity contribution in [1.82, 2.24) is 5.32 Å². The van der Waals surface area contributed by atoms with Crippen LogP contribution in [0.4, 0.5) is 0 Å². The molecule has 3 unspecified atom stereocenters. The molecule has 3 atom stereocenters. The van der Waals surface area contributed by atoms with Crippen LogP contribution in [-0.4, -0.2) is 68.5 Å². The Labute approximate surface area is 420 Å². The smallest absolute Gasteiger partial charge is 0.268 e. The van der Waals surface area contributed by atoms with E-state index in [0.717, 1.165) is 70.6 Å². The third kappa shape index (κ3) is 51.5. The van der Waals surface area contributed by atoms with Crippen LogP contribution in [0.15, 0.2) is 85.1 Å². The lowest BCUT2D eigenvalue weighted by Gasteiger charge is -2.30. The largest absolute Gasteiger partial charge is 0.756 e. The molecule has 0 rings (SSSR count). The molecule has 0 fully saturated rings. The van der Waals surface area contributed by atoms with Crippen molar-refractivity contribution in [2.24, 2.45) is 0 Å². The van der Waals surface area contributed by atoms with E-state index in [1.54, 1.807) is 0 Å². The summed E-state index contributed by atoms with van der Waals surface area (Å²) in [5.41, 5.74) is 0. The average Bonchev–Trinajstić information content (AvgIpc) is 3.30. The van der Waals surface area contributed by atoms with E-state index < -0.39 is 20.0 Å². The Kier molecular flexibility index (Phi) is 48.0. The molecule has 0 aliphatic rings. The fraction of sp³-hybridized carbons (Fsp3) is 0.746. The number of amides is 1. The van der Waals surface area contributed by atoms with Gasteiger partial charge in [-0.15, -0.1) is 0 Å². The summed E-state index contributed by atoms with van der Waals surface area (Å²) in [6, 6.07) is -0.838. The Hall–Kier alpha value is -2.32. The molecule has 1 amide bonds. The molecule has 2 N–H and O–H groups in total. The number of likely N-dealkylation sites (N-methyl/N-ethyl adjacent to an activating group) is 1. The number of carbonyl (C=O) groups is 1. The molecule has 0 saturated heterocycles. The molecule has 0 aliphatic heterocycles. The zero-order chi connectivity index (χ0) is 49.9. The van der Waals surface area contributed by atoms with Crippen molar-refractivity contribution in [2.45, 2.75) is 244 Å². The van der Waals surface area contributed by atoms with E-state index in [4.69, 9.17) is 9.05 Å². The molecule has 8 nitrogen and oxygen atoms in total. The molecule has 0 radical (unpaired) electrons. The lowest BCUT2D eigenvalue weighted by atomic mass is 10.0. The summed E-state index contributed by atoms with van der Waals surface area (Å²) in [4.78, 5) is 25.5. The van der Waals surface area contributed by atoms with Gasteiger partial charge in [0.2, 0.25) is 5.91 Å². The number of nitrogens with zero attached hydrogens (tertiary/aromatic N) is 1. The maximum atomic E-state index is 12.9. The normalized spacial score (nSPS) is 14.6. The summed E-state index contributed by atoms with van der Waals surface area (Å²) in [6.07, 6.45) is 69.0. The van der Waals surface area contributed by atoms with Gasteiger partial charge >= 0.3 is 0 Å². The standard InChI is InChI=1S/C59H107N2O6P/c1-6-8-10-12-14-16-18-20-22-24-26-28-30-32-34-36-38-40-42-44-46-48-50-52-58(62)57(56-67-68(64,65)66-55-54-61(3,4)5)60-59(63)53-51-49-47-45-43-41-39-37-35-33-31-29-27-25-23-21-19-17-15-13-11-9-7-2/h9,11,15,17,21,23,27,29,33,35,39,41,45,47,57-58,62H,6-8,10,12-14,16,18-20,22,24-26,28,30-32,34,36-38,40,42-44,46,48-56H2,1-5H3,(H-,60,63,64,65)/b11-9-,17-15-,23-21-,29-27-,35-33-,41-39-,47-45-. The van der Waals surface area contributed by atoms with Crippen molar-refractivity contribution in [3.05, 3.63) is 85.1 Å². The maximum absolute atomic E-state index is 12.9. The lowest BCUT2D eigenvalue weighted by molar-refractivity contribution is -0.870. The predicted octanol–water partition coefficient (Wildman–Crippen LogP) is 16.2. The van der Waals surface area contributed by atoms with Crippen molar-refractivity contribution in [1.29, 1.82) is 0 Å². The lowest BCUT2D eigenvalue weighted by Crippen LogP contribution is -2.46. The van der Waals surface area contributed by atoms with E-state index in [9.17, 15) is 19.4 Å². The predicted molar refractivity (Wildman–Crippen MR) is 293 cm³/mol. The SMILES string of the molecule is CC/C=C\C/C=C\C/C=C\C/C=C\C/C=C\C/C=C\C/C=C\CCCC(=O)NC(COP(=O)([O-])OCC[N+](C)(C)C)C(O)CCCCCCCCCCCCCCCCCCCCCCCCC. The summed E-state index contributed by atoms with van der Waals surface area (Å²) >= 11 is 0. The van der Waals surface area contributed by atoms with Gasteiger partial charge in [-0.25, -0.2) is 0 Å². The van der Waals surface area contributed by atoms with E-state index in [1.807, 2.05) is 21.1 Å². The quantitative estimate of drug-likeness (QED) is 0.0272. The molecule has 9 heteroatoms. The van der Waals surface area contributed by atoms with Crippen LogP contribution in [0.1, 0.15) is 232 Å².